The standard InChI is InChI=1S/C21H21NO2.C11H7ClO.C10H15NO.CH2O3.2Na.H/c1-15-5-4-6-16(11-15)12-20(14-23)22-21(24)19-10-9-17-7-2-3-8-18(17)13-19;12-11(13)10-6-5-8-3-1-2-4-9(8)7-10;1-8-3-2-4-9(5-8)6-10(11)7-12;2-1-4-3;;;/h2-11,13,20,23H,12,14H2,1H3,(H,22,24);1-7H;2-5,10,12H,6-7,11H2,1H3;1,3H;;;/q;;;;2*+1;-1/p-1/t20-;;10-;;;;/m1.1..../s1. The van der Waals surface area contributed by atoms with Crippen molar-refractivity contribution < 1.29 is 95.3 Å². The minimum atomic E-state index is -0.411. The maximum Gasteiger partial charge on any atom is 1.00 e. The number of fused-ring (bicyclic) bond motifs is 2. The summed E-state index contributed by atoms with van der Waals surface area (Å²) in [5.41, 5.74) is 11.5. The molecule has 0 radical (unpaired) electrons. The van der Waals surface area contributed by atoms with E-state index in [0.717, 1.165) is 33.5 Å². The van der Waals surface area contributed by atoms with Gasteiger partial charge in [-0.25, -0.2) is 0 Å². The molecule has 0 unspecified atom stereocenters. The van der Waals surface area contributed by atoms with Crippen molar-refractivity contribution in [1.82, 2.24) is 5.32 Å². The number of hydrogen-bond acceptors (Lipinski definition) is 8. The average Bonchev–Trinajstić information content (AvgIpc) is 3.17. The van der Waals surface area contributed by atoms with Crippen molar-refractivity contribution in [3.63, 3.8) is 0 Å². The number of carbonyl (C=O) groups is 3. The van der Waals surface area contributed by atoms with E-state index in [-0.39, 0.29) is 98.2 Å². The van der Waals surface area contributed by atoms with Crippen LogP contribution in [0.1, 0.15) is 44.4 Å². The SMILES string of the molecule is Cc1cccc(C[C@@H](N)CO)c1.Cc1cccc(C[C@H](CO)NC(=O)c2ccc3ccccc3c2)c1.O=C(Cl)c1ccc2ccccc2c1.O=CO[O-].[H-].[Na+].[Na+]. The number of carbonyl (C=O) groups excluding carboxylic acids is 3. The fourth-order valence-corrected chi connectivity index (χ4v) is 5.52. The van der Waals surface area contributed by atoms with E-state index in [2.05, 4.69) is 22.3 Å². The number of amides is 1. The zero-order chi connectivity index (χ0) is 38.6. The van der Waals surface area contributed by atoms with Crippen LogP contribution >= 0.6 is 11.6 Å². The van der Waals surface area contributed by atoms with E-state index < -0.39 is 5.24 Å². The van der Waals surface area contributed by atoms with Crippen molar-refractivity contribution >= 4 is 50.8 Å². The Balaban J connectivity index is 0.000000808. The predicted octanol–water partition coefficient (Wildman–Crippen LogP) is 0.113. The first-order valence-corrected chi connectivity index (χ1v) is 17.2. The normalized spacial score (nSPS) is 10.9. The first-order chi connectivity index (χ1) is 25.6. The van der Waals surface area contributed by atoms with Crippen LogP contribution in [-0.2, 0) is 22.5 Å². The van der Waals surface area contributed by atoms with Crippen LogP contribution in [-0.4, -0.2) is 53.1 Å². The van der Waals surface area contributed by atoms with Crippen LogP contribution in [0.4, 0.5) is 0 Å². The number of aliphatic hydroxyl groups excluding tert-OH is 2. The van der Waals surface area contributed by atoms with E-state index >= 15 is 0 Å². The predicted molar refractivity (Wildman–Crippen MR) is 210 cm³/mol. The summed E-state index contributed by atoms with van der Waals surface area (Å²) in [6.07, 6.45) is 1.36. The van der Waals surface area contributed by atoms with Crippen molar-refractivity contribution in [2.24, 2.45) is 5.73 Å². The molecule has 6 aromatic carbocycles. The second kappa shape index (κ2) is 27.2. The molecular weight excluding hydrogens is 738 g/mol. The van der Waals surface area contributed by atoms with Gasteiger partial charge in [0.05, 0.1) is 19.3 Å². The van der Waals surface area contributed by atoms with Crippen LogP contribution in [0.2, 0.25) is 0 Å². The van der Waals surface area contributed by atoms with Crippen molar-refractivity contribution in [2.75, 3.05) is 13.2 Å². The quantitative estimate of drug-likeness (QED) is 0.0501. The molecule has 12 heteroatoms. The molecule has 2 atom stereocenters. The Bertz CT molecular complexity index is 2090. The van der Waals surface area contributed by atoms with Gasteiger partial charge in [-0.15, -0.1) is 0 Å². The maximum absolute atomic E-state index is 12.5. The molecule has 6 aromatic rings. The van der Waals surface area contributed by atoms with Crippen LogP contribution in [0.3, 0.4) is 0 Å². The summed E-state index contributed by atoms with van der Waals surface area (Å²) in [5.74, 6) is -0.160. The van der Waals surface area contributed by atoms with Crippen molar-refractivity contribution in [2.45, 2.75) is 38.8 Å². The molecule has 5 N–H and O–H groups in total. The summed E-state index contributed by atoms with van der Waals surface area (Å²) in [4.78, 5) is 34.6. The Morgan fingerprint density at radius 1 is 0.709 bits per heavy atom. The van der Waals surface area contributed by atoms with Gasteiger partial charge in [0.15, 0.2) is 0 Å². The number of rotatable bonds is 10. The Morgan fingerprint density at radius 2 is 1.16 bits per heavy atom. The monoisotopic (exact) mass is 782 g/mol. The van der Waals surface area contributed by atoms with Crippen LogP contribution in [0.25, 0.3) is 21.5 Å². The summed E-state index contributed by atoms with van der Waals surface area (Å²) in [7, 11) is 0. The summed E-state index contributed by atoms with van der Waals surface area (Å²) in [6.45, 7) is 3.86. The number of aryl methyl sites for hydroxylation is 2. The molecule has 0 heterocycles. The number of nitrogens with two attached hydrogens (primary N) is 1. The Morgan fingerprint density at radius 3 is 1.60 bits per heavy atom. The van der Waals surface area contributed by atoms with Crippen LogP contribution in [0, 0.1) is 13.8 Å². The first-order valence-electron chi connectivity index (χ1n) is 16.9. The minimum Gasteiger partial charge on any atom is -1.00 e. The smallest absolute Gasteiger partial charge is 1.00 e. The second-order valence-electron chi connectivity index (χ2n) is 12.3. The molecule has 0 aromatic heterocycles. The molecular formula is C43H45ClN2Na2O7. The molecule has 0 aliphatic carbocycles. The van der Waals surface area contributed by atoms with E-state index in [1.807, 2.05) is 123 Å². The third kappa shape index (κ3) is 17.9. The number of hydrogen-bond donors (Lipinski definition) is 4. The zero-order valence-electron chi connectivity index (χ0n) is 32.7. The Kier molecular flexibility index (Phi) is 24.6. The molecule has 0 spiro atoms. The molecule has 0 fully saturated rings. The van der Waals surface area contributed by atoms with Crippen molar-refractivity contribution in [1.29, 1.82) is 0 Å². The molecule has 1 amide bonds. The second-order valence-corrected chi connectivity index (χ2v) is 12.6. The fourth-order valence-electron chi connectivity index (χ4n) is 5.40. The molecule has 9 nitrogen and oxygen atoms in total. The van der Waals surface area contributed by atoms with Gasteiger partial charge < -0.3 is 32.8 Å². The van der Waals surface area contributed by atoms with Gasteiger partial charge in [0.2, 0.25) is 0 Å². The number of aliphatic hydroxyl groups is 2. The molecule has 0 saturated carbocycles. The molecule has 0 saturated heterocycles. The largest absolute Gasteiger partial charge is 1.00 e. The van der Waals surface area contributed by atoms with Crippen LogP contribution in [0.5, 0.6) is 0 Å². The van der Waals surface area contributed by atoms with E-state index in [4.69, 9.17) is 32.5 Å². The van der Waals surface area contributed by atoms with Gasteiger partial charge in [0, 0.05) is 17.2 Å². The van der Waals surface area contributed by atoms with E-state index in [1.165, 1.54) is 16.7 Å². The van der Waals surface area contributed by atoms with Crippen molar-refractivity contribution in [3.8, 4) is 0 Å². The van der Waals surface area contributed by atoms with E-state index in [9.17, 15) is 14.7 Å². The topological polar surface area (TPSA) is 162 Å². The molecule has 0 aliphatic heterocycles. The van der Waals surface area contributed by atoms with Gasteiger partial charge in [-0.3, -0.25) is 14.4 Å². The average molecular weight is 783 g/mol. The summed E-state index contributed by atoms with van der Waals surface area (Å²) < 4.78 is 0. The Labute approximate surface area is 372 Å². The summed E-state index contributed by atoms with van der Waals surface area (Å²) in [5, 5.41) is 33.6. The molecule has 6 rings (SSSR count). The van der Waals surface area contributed by atoms with Gasteiger partial charge >= 0.3 is 59.1 Å². The molecule has 0 aliphatic rings. The van der Waals surface area contributed by atoms with Gasteiger partial charge in [0.1, 0.15) is 0 Å². The fraction of sp³-hybridized carbons (Fsp3) is 0.186. The zero-order valence-corrected chi connectivity index (χ0v) is 36.4. The third-order valence-electron chi connectivity index (χ3n) is 7.96. The van der Waals surface area contributed by atoms with Gasteiger partial charge in [-0.05, 0) is 95.2 Å². The maximum atomic E-state index is 12.5. The minimum absolute atomic E-state index is 0. The van der Waals surface area contributed by atoms with E-state index in [0.29, 0.717) is 17.5 Å². The molecule has 278 valence electrons. The molecule has 0 bridgehead atoms. The third-order valence-corrected chi connectivity index (χ3v) is 8.18. The van der Waals surface area contributed by atoms with Crippen LogP contribution in [0.15, 0.2) is 133 Å². The number of benzene rings is 6. The van der Waals surface area contributed by atoms with Gasteiger partial charge in [-0.2, -0.15) is 0 Å². The van der Waals surface area contributed by atoms with E-state index in [1.54, 1.807) is 12.1 Å². The molecule has 55 heavy (non-hydrogen) atoms. The summed E-state index contributed by atoms with van der Waals surface area (Å²) in [6, 6.07) is 42.7. The van der Waals surface area contributed by atoms with Gasteiger partial charge in [-0.1, -0.05) is 120 Å². The number of nitrogens with one attached hydrogen (secondary N) is 1. The van der Waals surface area contributed by atoms with Crippen molar-refractivity contribution in [3.05, 3.63) is 167 Å². The van der Waals surface area contributed by atoms with Gasteiger partial charge in [0.25, 0.3) is 17.6 Å². The summed E-state index contributed by atoms with van der Waals surface area (Å²) >= 11 is 5.36. The number of halogens is 1. The first kappa shape index (κ1) is 49.6. The van der Waals surface area contributed by atoms with Crippen LogP contribution < -0.4 is 75.4 Å². The Hall–Kier alpha value is -3.42.